The van der Waals surface area contributed by atoms with Crippen LogP contribution in [0.25, 0.3) is 0 Å². The zero-order valence-electron chi connectivity index (χ0n) is 9.21. The van der Waals surface area contributed by atoms with Gasteiger partial charge in [0, 0.05) is 11.4 Å². The molecule has 0 fully saturated rings. The molecular formula is C12H15ClO2. The molecule has 1 rings (SSSR count). The van der Waals surface area contributed by atoms with Gasteiger partial charge in [0.05, 0.1) is 7.11 Å². The summed E-state index contributed by atoms with van der Waals surface area (Å²) < 4.78 is 5.22. The number of rotatable bonds is 4. The second-order valence-electron chi connectivity index (χ2n) is 3.65. The van der Waals surface area contributed by atoms with Crippen molar-refractivity contribution in [2.45, 2.75) is 26.2 Å². The number of hydrogen-bond donors (Lipinski definition) is 0. The van der Waals surface area contributed by atoms with Crippen LogP contribution >= 0.6 is 11.6 Å². The first-order valence-corrected chi connectivity index (χ1v) is 5.25. The fourth-order valence-electron chi connectivity index (χ4n) is 1.54. The highest BCUT2D eigenvalue weighted by atomic mass is 35.5. The Morgan fingerprint density at radius 3 is 2.73 bits per heavy atom. The molecule has 0 aliphatic carbocycles. The summed E-state index contributed by atoms with van der Waals surface area (Å²) in [5.74, 6) is 0.941. The summed E-state index contributed by atoms with van der Waals surface area (Å²) in [5.41, 5.74) is 1.97. The van der Waals surface area contributed by atoms with Crippen LogP contribution < -0.4 is 4.74 Å². The number of aryl methyl sites for hydroxylation is 1. The minimum atomic E-state index is 0.129. The van der Waals surface area contributed by atoms with Crippen LogP contribution in [0.2, 0.25) is 5.02 Å². The van der Waals surface area contributed by atoms with Crippen molar-refractivity contribution in [2.75, 3.05) is 7.11 Å². The SMILES string of the molecule is COc1cc(C(C)CC=O)c(Cl)cc1C. The Balaban J connectivity index is 3.11. The molecule has 15 heavy (non-hydrogen) atoms. The number of carbonyl (C=O) groups is 1. The van der Waals surface area contributed by atoms with E-state index in [1.54, 1.807) is 7.11 Å². The fourth-order valence-corrected chi connectivity index (χ4v) is 1.94. The van der Waals surface area contributed by atoms with Gasteiger partial charge in [-0.1, -0.05) is 18.5 Å². The van der Waals surface area contributed by atoms with Gasteiger partial charge in [-0.2, -0.15) is 0 Å². The molecule has 0 N–H and O–H groups in total. The number of aldehydes is 1. The van der Waals surface area contributed by atoms with E-state index in [0.29, 0.717) is 11.4 Å². The molecule has 0 aromatic heterocycles. The summed E-state index contributed by atoms with van der Waals surface area (Å²) in [7, 11) is 1.63. The van der Waals surface area contributed by atoms with Gasteiger partial charge in [-0.15, -0.1) is 0 Å². The summed E-state index contributed by atoms with van der Waals surface area (Å²) in [6, 6.07) is 3.78. The van der Waals surface area contributed by atoms with Gasteiger partial charge in [-0.3, -0.25) is 0 Å². The van der Waals surface area contributed by atoms with Crippen molar-refractivity contribution in [3.63, 3.8) is 0 Å². The average molecular weight is 227 g/mol. The highest BCUT2D eigenvalue weighted by Crippen LogP contribution is 2.32. The van der Waals surface area contributed by atoms with E-state index in [2.05, 4.69) is 0 Å². The smallest absolute Gasteiger partial charge is 0.122 e. The minimum Gasteiger partial charge on any atom is -0.496 e. The van der Waals surface area contributed by atoms with Crippen LogP contribution in [0.4, 0.5) is 0 Å². The summed E-state index contributed by atoms with van der Waals surface area (Å²) in [6.45, 7) is 3.92. The van der Waals surface area contributed by atoms with Gasteiger partial charge in [0.15, 0.2) is 0 Å². The van der Waals surface area contributed by atoms with Crippen molar-refractivity contribution >= 4 is 17.9 Å². The Morgan fingerprint density at radius 1 is 1.53 bits per heavy atom. The van der Waals surface area contributed by atoms with E-state index in [4.69, 9.17) is 16.3 Å². The molecule has 0 radical (unpaired) electrons. The van der Waals surface area contributed by atoms with Crippen LogP contribution in [-0.4, -0.2) is 13.4 Å². The number of methoxy groups -OCH3 is 1. The number of benzene rings is 1. The largest absolute Gasteiger partial charge is 0.496 e. The fraction of sp³-hybridized carbons (Fsp3) is 0.417. The molecule has 0 amide bonds. The minimum absolute atomic E-state index is 0.129. The number of carbonyl (C=O) groups excluding carboxylic acids is 1. The maximum Gasteiger partial charge on any atom is 0.122 e. The van der Waals surface area contributed by atoms with E-state index >= 15 is 0 Å². The molecule has 1 atom stereocenters. The molecular weight excluding hydrogens is 212 g/mol. The molecule has 0 saturated heterocycles. The lowest BCUT2D eigenvalue weighted by Crippen LogP contribution is -1.98. The molecule has 2 nitrogen and oxygen atoms in total. The Morgan fingerprint density at radius 2 is 2.20 bits per heavy atom. The van der Waals surface area contributed by atoms with Crippen LogP contribution in [0.5, 0.6) is 5.75 Å². The van der Waals surface area contributed by atoms with Gasteiger partial charge in [0.2, 0.25) is 0 Å². The van der Waals surface area contributed by atoms with Crippen molar-refractivity contribution in [3.8, 4) is 5.75 Å². The van der Waals surface area contributed by atoms with Crippen LogP contribution in [0.1, 0.15) is 30.4 Å². The van der Waals surface area contributed by atoms with Crippen LogP contribution in [0.3, 0.4) is 0 Å². The molecule has 0 spiro atoms. The Kier molecular flexibility index (Phi) is 4.15. The molecule has 1 unspecified atom stereocenters. The summed E-state index contributed by atoms with van der Waals surface area (Å²) in [4.78, 5) is 10.4. The second-order valence-corrected chi connectivity index (χ2v) is 4.05. The molecule has 0 aliphatic heterocycles. The molecule has 1 aromatic carbocycles. The molecule has 82 valence electrons. The Bertz CT molecular complexity index is 361. The quantitative estimate of drug-likeness (QED) is 0.736. The zero-order chi connectivity index (χ0) is 11.4. The normalized spacial score (nSPS) is 12.3. The zero-order valence-corrected chi connectivity index (χ0v) is 9.97. The van der Waals surface area contributed by atoms with E-state index in [1.165, 1.54) is 0 Å². The molecule has 1 aromatic rings. The highest BCUT2D eigenvalue weighted by molar-refractivity contribution is 6.31. The van der Waals surface area contributed by atoms with Gasteiger partial charge < -0.3 is 9.53 Å². The van der Waals surface area contributed by atoms with Crippen molar-refractivity contribution < 1.29 is 9.53 Å². The lowest BCUT2D eigenvalue weighted by atomic mass is 9.97. The number of ether oxygens (including phenoxy) is 1. The summed E-state index contributed by atoms with van der Waals surface area (Å²) in [6.07, 6.45) is 1.39. The van der Waals surface area contributed by atoms with E-state index in [-0.39, 0.29) is 5.92 Å². The second kappa shape index (κ2) is 5.17. The number of halogens is 1. The third-order valence-electron chi connectivity index (χ3n) is 2.49. The molecule has 0 bridgehead atoms. The third-order valence-corrected chi connectivity index (χ3v) is 2.82. The van der Waals surface area contributed by atoms with Gasteiger partial charge in [0.1, 0.15) is 12.0 Å². The van der Waals surface area contributed by atoms with Gasteiger partial charge in [-0.25, -0.2) is 0 Å². The third kappa shape index (κ3) is 2.72. The average Bonchev–Trinajstić information content (AvgIpc) is 2.18. The van der Waals surface area contributed by atoms with Crippen LogP contribution in [-0.2, 0) is 4.79 Å². The van der Waals surface area contributed by atoms with E-state index in [1.807, 2.05) is 26.0 Å². The van der Waals surface area contributed by atoms with Crippen molar-refractivity contribution in [1.82, 2.24) is 0 Å². The summed E-state index contributed by atoms with van der Waals surface area (Å²) in [5, 5.41) is 0.697. The maximum atomic E-state index is 10.4. The standard InChI is InChI=1S/C12H15ClO2/c1-8(4-5-14)10-7-12(15-3)9(2)6-11(10)13/h5-8H,4H2,1-3H3. The Hall–Kier alpha value is -1.02. The van der Waals surface area contributed by atoms with Gasteiger partial charge >= 0.3 is 0 Å². The van der Waals surface area contributed by atoms with Crippen LogP contribution in [0, 0.1) is 6.92 Å². The first-order chi connectivity index (χ1) is 7.10. The summed E-state index contributed by atoms with van der Waals surface area (Å²) >= 11 is 6.12. The molecule has 3 heteroatoms. The van der Waals surface area contributed by atoms with E-state index in [0.717, 1.165) is 23.2 Å². The highest BCUT2D eigenvalue weighted by Gasteiger charge is 2.12. The lowest BCUT2D eigenvalue weighted by molar-refractivity contribution is -0.108. The van der Waals surface area contributed by atoms with Crippen molar-refractivity contribution in [2.24, 2.45) is 0 Å². The van der Waals surface area contributed by atoms with Crippen LogP contribution in [0.15, 0.2) is 12.1 Å². The van der Waals surface area contributed by atoms with E-state index in [9.17, 15) is 4.79 Å². The monoisotopic (exact) mass is 226 g/mol. The van der Waals surface area contributed by atoms with Crippen molar-refractivity contribution in [3.05, 3.63) is 28.3 Å². The predicted molar refractivity (Wildman–Crippen MR) is 61.8 cm³/mol. The first-order valence-electron chi connectivity index (χ1n) is 4.87. The first kappa shape index (κ1) is 12.1. The maximum absolute atomic E-state index is 10.4. The molecule has 0 aliphatic rings. The number of hydrogen-bond acceptors (Lipinski definition) is 2. The van der Waals surface area contributed by atoms with E-state index < -0.39 is 0 Å². The van der Waals surface area contributed by atoms with Gasteiger partial charge in [0.25, 0.3) is 0 Å². The van der Waals surface area contributed by atoms with Crippen molar-refractivity contribution in [1.29, 1.82) is 0 Å². The molecule has 0 saturated carbocycles. The molecule has 0 heterocycles. The Labute approximate surface area is 95.2 Å². The predicted octanol–water partition coefficient (Wildman–Crippen LogP) is 3.35. The van der Waals surface area contributed by atoms with Gasteiger partial charge in [-0.05, 0) is 36.1 Å². The topological polar surface area (TPSA) is 26.3 Å². The lowest BCUT2D eigenvalue weighted by Gasteiger charge is -2.14.